The van der Waals surface area contributed by atoms with Crippen LogP contribution in [-0.2, 0) is 0 Å². The highest BCUT2D eigenvalue weighted by molar-refractivity contribution is 5.60. The maximum atomic E-state index is 13.5. The molecule has 1 rings (SSSR count). The first-order valence-electron chi connectivity index (χ1n) is 6.87. The summed E-state index contributed by atoms with van der Waals surface area (Å²) in [4.78, 5) is 0. The molecule has 1 aromatic carbocycles. The second-order valence-electron chi connectivity index (χ2n) is 5.59. The number of rotatable bonds is 7. The number of hydrogen-bond donors (Lipinski definition) is 2. The summed E-state index contributed by atoms with van der Waals surface area (Å²) in [5, 5.41) is 0. The number of ether oxygens (including phenoxy) is 1. The molecule has 0 aliphatic rings. The van der Waals surface area contributed by atoms with Crippen molar-refractivity contribution < 1.29 is 61.8 Å². The summed E-state index contributed by atoms with van der Waals surface area (Å²) in [7, 11) is 0. The minimum atomic E-state index is -7.95. The van der Waals surface area contributed by atoms with Crippen LogP contribution in [0.3, 0.4) is 0 Å². The summed E-state index contributed by atoms with van der Waals surface area (Å²) in [5.41, 5.74) is 9.72. The average molecular weight is 456 g/mol. The lowest BCUT2D eigenvalue weighted by Gasteiger charge is -2.39. The van der Waals surface area contributed by atoms with E-state index in [1.54, 1.807) is 0 Å². The molecule has 1 aromatic rings. The normalized spacial score (nSPS) is 14.8. The Morgan fingerprint density at radius 2 is 1.10 bits per heavy atom. The number of nitrogens with two attached hydrogens (primary N) is 2. The molecular weight excluding hydrogens is 447 g/mol. The standard InChI is InChI=1S/C13H9F13N2O/c14-8(15,4-29-7-2-1-5(27)3-6(7)28)9(16,17)10(18,19)11(20,21)12(22,23)13(24,25)26/h1-3H,4,27-28H2. The van der Waals surface area contributed by atoms with Crippen molar-refractivity contribution in [2.75, 3.05) is 18.1 Å². The topological polar surface area (TPSA) is 61.3 Å². The maximum Gasteiger partial charge on any atom is 0.460 e. The van der Waals surface area contributed by atoms with Gasteiger partial charge in [-0.25, -0.2) is 0 Å². The Morgan fingerprint density at radius 3 is 1.52 bits per heavy atom. The number of nitrogen functional groups attached to an aromatic ring is 2. The Balaban J connectivity index is 3.27. The van der Waals surface area contributed by atoms with Gasteiger partial charge < -0.3 is 16.2 Å². The Labute approximate surface area is 152 Å². The highest BCUT2D eigenvalue weighted by atomic mass is 19.4. The summed E-state index contributed by atoms with van der Waals surface area (Å²) in [5.74, 6) is -38.2. The van der Waals surface area contributed by atoms with Crippen molar-refractivity contribution >= 4 is 11.4 Å². The van der Waals surface area contributed by atoms with Crippen LogP contribution in [-0.4, -0.2) is 42.4 Å². The SMILES string of the molecule is Nc1ccc(OCC(F)(F)C(F)(F)C(F)(F)C(F)(F)C(F)(F)C(F)(F)F)c(N)c1. The molecule has 0 aliphatic carbocycles. The number of benzene rings is 1. The third kappa shape index (κ3) is 3.80. The molecule has 0 atom stereocenters. The second-order valence-corrected chi connectivity index (χ2v) is 5.59. The van der Waals surface area contributed by atoms with E-state index >= 15 is 0 Å². The molecule has 16 heteroatoms. The second kappa shape index (κ2) is 6.90. The zero-order valence-corrected chi connectivity index (χ0v) is 13.4. The van der Waals surface area contributed by atoms with Crippen molar-refractivity contribution in [2.45, 2.75) is 35.8 Å². The van der Waals surface area contributed by atoms with E-state index < -0.39 is 53.8 Å². The third-order valence-corrected chi connectivity index (χ3v) is 3.44. The maximum absolute atomic E-state index is 13.5. The Hall–Kier alpha value is -2.29. The van der Waals surface area contributed by atoms with Crippen LogP contribution in [0.25, 0.3) is 0 Å². The van der Waals surface area contributed by atoms with Crippen LogP contribution in [0.4, 0.5) is 68.5 Å². The smallest absolute Gasteiger partial charge is 0.460 e. The van der Waals surface area contributed by atoms with Gasteiger partial charge in [0, 0.05) is 5.69 Å². The van der Waals surface area contributed by atoms with Crippen molar-refractivity contribution in [3.8, 4) is 5.75 Å². The molecule has 0 bridgehead atoms. The van der Waals surface area contributed by atoms with Crippen molar-refractivity contribution in [3.63, 3.8) is 0 Å². The van der Waals surface area contributed by atoms with Gasteiger partial charge in [-0.3, -0.25) is 0 Å². The first kappa shape index (κ1) is 24.7. The fourth-order valence-corrected chi connectivity index (χ4v) is 1.76. The van der Waals surface area contributed by atoms with Gasteiger partial charge in [-0.05, 0) is 18.2 Å². The molecule has 0 heterocycles. The highest BCUT2D eigenvalue weighted by Crippen LogP contribution is 2.60. The van der Waals surface area contributed by atoms with Gasteiger partial charge in [0.2, 0.25) is 0 Å². The summed E-state index contributed by atoms with van der Waals surface area (Å²) >= 11 is 0. The minimum Gasteiger partial charge on any atom is -0.485 e. The van der Waals surface area contributed by atoms with Crippen LogP contribution >= 0.6 is 0 Å². The van der Waals surface area contributed by atoms with Gasteiger partial charge in [0.15, 0.2) is 6.61 Å². The van der Waals surface area contributed by atoms with E-state index in [2.05, 4.69) is 4.74 Å². The van der Waals surface area contributed by atoms with E-state index in [9.17, 15) is 57.1 Å². The Kier molecular flexibility index (Phi) is 5.89. The molecule has 29 heavy (non-hydrogen) atoms. The largest absolute Gasteiger partial charge is 0.485 e. The molecule has 0 unspecified atom stereocenters. The molecule has 0 saturated carbocycles. The Morgan fingerprint density at radius 1 is 0.655 bits per heavy atom. The quantitative estimate of drug-likeness (QED) is 0.450. The number of alkyl halides is 13. The van der Waals surface area contributed by atoms with Crippen LogP contribution in [0.5, 0.6) is 5.75 Å². The van der Waals surface area contributed by atoms with E-state index in [4.69, 9.17) is 11.5 Å². The van der Waals surface area contributed by atoms with Crippen molar-refractivity contribution in [3.05, 3.63) is 18.2 Å². The van der Waals surface area contributed by atoms with Crippen molar-refractivity contribution in [1.82, 2.24) is 0 Å². The molecule has 3 nitrogen and oxygen atoms in total. The molecule has 0 aliphatic heterocycles. The average Bonchev–Trinajstić information content (AvgIpc) is 2.52. The lowest BCUT2D eigenvalue weighted by molar-refractivity contribution is -0.440. The van der Waals surface area contributed by atoms with E-state index in [-0.39, 0.29) is 5.69 Å². The van der Waals surface area contributed by atoms with Gasteiger partial charge in [-0.1, -0.05) is 0 Å². The molecule has 0 fully saturated rings. The first-order chi connectivity index (χ1) is 12.6. The van der Waals surface area contributed by atoms with Crippen LogP contribution < -0.4 is 16.2 Å². The van der Waals surface area contributed by atoms with Crippen LogP contribution in [0.2, 0.25) is 0 Å². The van der Waals surface area contributed by atoms with E-state index in [0.717, 1.165) is 12.1 Å². The lowest BCUT2D eigenvalue weighted by Crippen LogP contribution is -2.70. The summed E-state index contributed by atoms with van der Waals surface area (Å²) in [6.07, 6.45) is -7.46. The molecule has 168 valence electrons. The Bertz CT molecular complexity index is 745. The minimum absolute atomic E-state index is 0.0903. The molecule has 0 radical (unpaired) electrons. The van der Waals surface area contributed by atoms with E-state index in [1.165, 1.54) is 0 Å². The summed E-state index contributed by atoms with van der Waals surface area (Å²) in [6, 6.07) is 2.43. The van der Waals surface area contributed by atoms with E-state index in [0.29, 0.717) is 6.07 Å². The monoisotopic (exact) mass is 456 g/mol. The van der Waals surface area contributed by atoms with Gasteiger partial charge in [-0.2, -0.15) is 57.1 Å². The van der Waals surface area contributed by atoms with Gasteiger partial charge in [0.25, 0.3) is 0 Å². The summed E-state index contributed by atoms with van der Waals surface area (Å²) < 4.78 is 172. The van der Waals surface area contributed by atoms with E-state index in [1.807, 2.05) is 0 Å². The van der Waals surface area contributed by atoms with Crippen LogP contribution in [0.1, 0.15) is 0 Å². The van der Waals surface area contributed by atoms with Gasteiger partial charge >= 0.3 is 35.8 Å². The van der Waals surface area contributed by atoms with Gasteiger partial charge in [0.1, 0.15) is 5.75 Å². The third-order valence-electron chi connectivity index (χ3n) is 3.44. The van der Waals surface area contributed by atoms with Crippen LogP contribution in [0.15, 0.2) is 18.2 Å². The predicted octanol–water partition coefficient (Wildman–Crippen LogP) is 4.97. The lowest BCUT2D eigenvalue weighted by atomic mass is 9.94. The van der Waals surface area contributed by atoms with Gasteiger partial charge in [-0.15, -0.1) is 0 Å². The first-order valence-corrected chi connectivity index (χ1v) is 6.87. The summed E-state index contributed by atoms with van der Waals surface area (Å²) in [6.45, 7) is -2.84. The van der Waals surface area contributed by atoms with Crippen molar-refractivity contribution in [2.24, 2.45) is 0 Å². The molecule has 0 aromatic heterocycles. The zero-order valence-electron chi connectivity index (χ0n) is 13.4. The number of halogens is 13. The predicted molar refractivity (Wildman–Crippen MR) is 71.6 cm³/mol. The number of hydrogen-bond acceptors (Lipinski definition) is 3. The van der Waals surface area contributed by atoms with Crippen molar-refractivity contribution in [1.29, 1.82) is 0 Å². The molecule has 0 amide bonds. The number of anilines is 2. The molecule has 0 saturated heterocycles. The van der Waals surface area contributed by atoms with Crippen LogP contribution in [0, 0.1) is 0 Å². The van der Waals surface area contributed by atoms with Gasteiger partial charge in [0.05, 0.1) is 5.69 Å². The highest BCUT2D eigenvalue weighted by Gasteiger charge is 2.90. The fourth-order valence-electron chi connectivity index (χ4n) is 1.76. The molecule has 4 N–H and O–H groups in total. The fraction of sp³-hybridized carbons (Fsp3) is 0.538. The zero-order chi connectivity index (χ0) is 23.3. The molecular formula is C13H9F13N2O. The molecule has 0 spiro atoms.